The van der Waals surface area contributed by atoms with Gasteiger partial charge in [-0.2, -0.15) is 9.97 Å². The van der Waals surface area contributed by atoms with Gasteiger partial charge in [-0.15, -0.1) is 22.7 Å². The first-order valence-corrected chi connectivity index (χ1v) is 16.5. The zero-order valence-electron chi connectivity index (χ0n) is 23.8. The summed E-state index contributed by atoms with van der Waals surface area (Å²) >= 11 is 3.65. The van der Waals surface area contributed by atoms with Gasteiger partial charge in [-0.25, -0.2) is 4.98 Å². The minimum absolute atomic E-state index is 0.611. The SMILES string of the molecule is c1ccc(-c2nc(-c3ccc4c(c3)sc3ccccc34)nc(-n3c4ccccc4c4cc5sc6ccccc6c5cc43)n2)cc1. The summed E-state index contributed by atoms with van der Waals surface area (Å²) in [4.78, 5) is 15.4. The van der Waals surface area contributed by atoms with Crippen LogP contribution >= 0.6 is 22.7 Å². The summed E-state index contributed by atoms with van der Waals surface area (Å²) in [6.45, 7) is 0. The Morgan fingerprint density at radius 1 is 0.378 bits per heavy atom. The van der Waals surface area contributed by atoms with Crippen LogP contribution in [0.3, 0.4) is 0 Å². The molecule has 0 atom stereocenters. The second-order valence-corrected chi connectivity index (χ2v) is 13.4. The van der Waals surface area contributed by atoms with Crippen LogP contribution in [0.15, 0.2) is 133 Å². The molecular weight excluding hydrogens is 589 g/mol. The first-order valence-electron chi connectivity index (χ1n) is 14.9. The molecule has 0 radical (unpaired) electrons. The highest BCUT2D eigenvalue weighted by atomic mass is 32.1. The summed E-state index contributed by atoms with van der Waals surface area (Å²) in [6.07, 6.45) is 0. The Labute approximate surface area is 265 Å². The lowest BCUT2D eigenvalue weighted by molar-refractivity contribution is 0.954. The van der Waals surface area contributed by atoms with Crippen molar-refractivity contribution in [3.63, 3.8) is 0 Å². The molecule has 4 aromatic heterocycles. The standard InChI is InChI=1S/C39H22N4S2/c1-2-10-23(11-3-1)37-40-38(24-18-19-28-26-13-5-8-16-33(26)44-35(28)20-24)42-39(41-37)43-31-15-7-4-12-25(31)29-22-36-30(21-32(29)43)27-14-6-9-17-34(27)45-36/h1-22H. The summed E-state index contributed by atoms with van der Waals surface area (Å²) < 4.78 is 7.29. The number of aromatic nitrogens is 4. The number of para-hydroxylation sites is 1. The van der Waals surface area contributed by atoms with Gasteiger partial charge < -0.3 is 0 Å². The number of hydrogen-bond acceptors (Lipinski definition) is 5. The highest BCUT2D eigenvalue weighted by molar-refractivity contribution is 7.26. The number of benzene rings is 6. The van der Waals surface area contributed by atoms with Crippen LogP contribution in [0, 0.1) is 0 Å². The molecule has 0 fully saturated rings. The Hall–Kier alpha value is -5.43. The zero-order valence-corrected chi connectivity index (χ0v) is 25.4. The van der Waals surface area contributed by atoms with Crippen LogP contribution in [-0.4, -0.2) is 19.5 Å². The first-order chi connectivity index (χ1) is 22.3. The van der Waals surface area contributed by atoms with Gasteiger partial charge in [0.2, 0.25) is 5.95 Å². The van der Waals surface area contributed by atoms with Gasteiger partial charge in [0, 0.05) is 62.2 Å². The molecule has 10 aromatic rings. The van der Waals surface area contributed by atoms with Gasteiger partial charge in [0.15, 0.2) is 11.6 Å². The van der Waals surface area contributed by atoms with Crippen molar-refractivity contribution < 1.29 is 0 Å². The van der Waals surface area contributed by atoms with Gasteiger partial charge in [-0.05, 0) is 36.4 Å². The molecular formula is C39H22N4S2. The van der Waals surface area contributed by atoms with Crippen LogP contribution < -0.4 is 0 Å². The Morgan fingerprint density at radius 2 is 0.978 bits per heavy atom. The van der Waals surface area contributed by atoms with Crippen molar-refractivity contribution in [3.05, 3.63) is 133 Å². The number of nitrogens with zero attached hydrogens (tertiary/aromatic N) is 4. The fraction of sp³-hybridized carbons (Fsp3) is 0. The molecule has 0 aliphatic rings. The molecule has 6 aromatic carbocycles. The minimum atomic E-state index is 0.611. The van der Waals surface area contributed by atoms with E-state index in [4.69, 9.17) is 15.0 Å². The highest BCUT2D eigenvalue weighted by Gasteiger charge is 2.20. The molecule has 0 N–H and O–H groups in total. The largest absolute Gasteiger partial charge is 0.278 e. The number of thiophene rings is 2. The molecule has 0 aliphatic carbocycles. The van der Waals surface area contributed by atoms with E-state index in [1.165, 1.54) is 51.1 Å². The van der Waals surface area contributed by atoms with Crippen LogP contribution in [-0.2, 0) is 0 Å². The molecule has 0 unspecified atom stereocenters. The summed E-state index contributed by atoms with van der Waals surface area (Å²) in [6, 6.07) is 47.2. The van der Waals surface area contributed by atoms with E-state index in [-0.39, 0.29) is 0 Å². The van der Waals surface area contributed by atoms with Crippen molar-refractivity contribution in [1.82, 2.24) is 19.5 Å². The van der Waals surface area contributed by atoms with E-state index < -0.39 is 0 Å². The third kappa shape index (κ3) is 3.80. The molecule has 10 rings (SSSR count). The van der Waals surface area contributed by atoms with E-state index in [0.29, 0.717) is 17.6 Å². The second-order valence-electron chi connectivity index (χ2n) is 11.3. The average molecular weight is 611 g/mol. The maximum Gasteiger partial charge on any atom is 0.238 e. The Bertz CT molecular complexity index is 2770. The van der Waals surface area contributed by atoms with Gasteiger partial charge in [0.05, 0.1) is 11.0 Å². The van der Waals surface area contributed by atoms with Crippen LogP contribution in [0.25, 0.3) is 90.9 Å². The monoisotopic (exact) mass is 610 g/mol. The molecule has 45 heavy (non-hydrogen) atoms. The Kier molecular flexibility index (Phi) is 5.29. The van der Waals surface area contributed by atoms with Crippen molar-refractivity contribution in [2.75, 3.05) is 0 Å². The molecule has 0 spiro atoms. The van der Waals surface area contributed by atoms with E-state index in [1.54, 1.807) is 11.3 Å². The fourth-order valence-corrected chi connectivity index (χ4v) is 8.85. The Balaban J connectivity index is 1.27. The third-order valence-corrected chi connectivity index (χ3v) is 10.9. The van der Waals surface area contributed by atoms with Crippen LogP contribution in [0.1, 0.15) is 0 Å². The highest BCUT2D eigenvalue weighted by Crippen LogP contribution is 2.41. The van der Waals surface area contributed by atoms with Gasteiger partial charge >= 0.3 is 0 Å². The van der Waals surface area contributed by atoms with Crippen LogP contribution in [0.4, 0.5) is 0 Å². The van der Waals surface area contributed by atoms with Crippen molar-refractivity contribution in [3.8, 4) is 28.7 Å². The van der Waals surface area contributed by atoms with E-state index in [2.05, 4.69) is 120 Å². The summed E-state index contributed by atoms with van der Waals surface area (Å²) in [7, 11) is 0. The maximum atomic E-state index is 5.21. The lowest BCUT2D eigenvalue weighted by atomic mass is 10.1. The lowest BCUT2D eigenvalue weighted by Gasteiger charge is -2.11. The van der Waals surface area contributed by atoms with E-state index in [0.717, 1.165) is 22.2 Å². The first kappa shape index (κ1) is 25.0. The topological polar surface area (TPSA) is 43.6 Å². The molecule has 4 heterocycles. The van der Waals surface area contributed by atoms with Crippen molar-refractivity contribution in [2.45, 2.75) is 0 Å². The molecule has 0 bridgehead atoms. The number of rotatable bonds is 3. The molecule has 0 saturated heterocycles. The lowest BCUT2D eigenvalue weighted by Crippen LogP contribution is -2.06. The predicted octanol–water partition coefficient (Wildman–Crippen LogP) is 11.0. The van der Waals surface area contributed by atoms with E-state index in [9.17, 15) is 0 Å². The molecule has 210 valence electrons. The normalized spacial score (nSPS) is 12.0. The van der Waals surface area contributed by atoms with Crippen molar-refractivity contribution >= 4 is 84.8 Å². The van der Waals surface area contributed by atoms with Gasteiger partial charge in [0.1, 0.15) is 0 Å². The van der Waals surface area contributed by atoms with Gasteiger partial charge in [0.25, 0.3) is 0 Å². The molecule has 4 nitrogen and oxygen atoms in total. The molecule has 0 amide bonds. The summed E-state index contributed by atoms with van der Waals surface area (Å²) in [5, 5.41) is 7.43. The molecule has 0 saturated carbocycles. The maximum absolute atomic E-state index is 5.21. The molecule has 6 heteroatoms. The van der Waals surface area contributed by atoms with Crippen LogP contribution in [0.5, 0.6) is 0 Å². The smallest absolute Gasteiger partial charge is 0.238 e. The van der Waals surface area contributed by atoms with Crippen LogP contribution in [0.2, 0.25) is 0 Å². The second kappa shape index (κ2) is 9.53. The molecule has 0 aliphatic heterocycles. The fourth-order valence-electron chi connectivity index (χ4n) is 6.58. The number of fused-ring (bicyclic) bond motifs is 9. The summed E-state index contributed by atoms with van der Waals surface area (Å²) in [5.41, 5.74) is 4.09. The Morgan fingerprint density at radius 3 is 1.76 bits per heavy atom. The quantitative estimate of drug-likeness (QED) is 0.200. The van der Waals surface area contributed by atoms with E-state index in [1.807, 2.05) is 29.5 Å². The predicted molar refractivity (Wildman–Crippen MR) is 191 cm³/mol. The third-order valence-electron chi connectivity index (χ3n) is 8.66. The summed E-state index contributed by atoms with van der Waals surface area (Å²) in [5.74, 6) is 1.92. The van der Waals surface area contributed by atoms with Gasteiger partial charge in [-0.3, -0.25) is 4.57 Å². The van der Waals surface area contributed by atoms with Gasteiger partial charge in [-0.1, -0.05) is 97.1 Å². The van der Waals surface area contributed by atoms with E-state index >= 15 is 0 Å². The van der Waals surface area contributed by atoms with Crippen molar-refractivity contribution in [2.24, 2.45) is 0 Å². The van der Waals surface area contributed by atoms with Crippen molar-refractivity contribution in [1.29, 1.82) is 0 Å². The number of hydrogen-bond donors (Lipinski definition) is 0. The zero-order chi connectivity index (χ0) is 29.5. The minimum Gasteiger partial charge on any atom is -0.278 e. The average Bonchev–Trinajstić information content (AvgIpc) is 3.76.